The van der Waals surface area contributed by atoms with Crippen LogP contribution in [0, 0.1) is 0 Å². The molecule has 3 rings (SSSR count). The van der Waals surface area contributed by atoms with E-state index < -0.39 is 15.0 Å². The Morgan fingerprint density at radius 3 is 1.71 bits per heavy atom. The van der Waals surface area contributed by atoms with E-state index in [0.29, 0.717) is 11.2 Å². The third-order valence-electron chi connectivity index (χ3n) is 4.72. The van der Waals surface area contributed by atoms with E-state index in [-0.39, 0.29) is 5.41 Å². The molecule has 0 fully saturated rings. The summed E-state index contributed by atoms with van der Waals surface area (Å²) in [5, 5.41) is 23.5. The van der Waals surface area contributed by atoms with Crippen LogP contribution >= 0.6 is 7.92 Å². The lowest BCUT2D eigenvalue weighted by Crippen LogP contribution is -2.37. The highest BCUT2D eigenvalue weighted by Gasteiger charge is 2.29. The van der Waals surface area contributed by atoms with Gasteiger partial charge in [-0.05, 0) is 35.6 Å². The molecule has 2 N–H and O–H groups in total. The van der Waals surface area contributed by atoms with Crippen molar-refractivity contribution in [2.24, 2.45) is 0 Å². The molecule has 0 aliphatic rings. The minimum Gasteiger partial charge on any atom is -0.496 e. The topological polar surface area (TPSA) is 49.7 Å². The fourth-order valence-corrected chi connectivity index (χ4v) is 5.72. The molecule has 3 aromatic rings. The number of ether oxygens (including phenoxy) is 1. The molecule has 0 saturated heterocycles. The van der Waals surface area contributed by atoms with Gasteiger partial charge in [-0.1, -0.05) is 87.5 Å². The highest BCUT2D eigenvalue weighted by Crippen LogP contribution is 2.37. The van der Waals surface area contributed by atoms with Gasteiger partial charge in [-0.15, -0.1) is 0 Å². The van der Waals surface area contributed by atoms with E-state index in [4.69, 9.17) is 4.74 Å². The summed E-state index contributed by atoms with van der Waals surface area (Å²) in [4.78, 5) is 0. The van der Waals surface area contributed by atoms with E-state index >= 15 is 0 Å². The average molecular weight is 392 g/mol. The lowest BCUT2D eigenvalue weighted by molar-refractivity contribution is 0.405. The van der Waals surface area contributed by atoms with Gasteiger partial charge in [-0.25, -0.2) is 0 Å². The SMILES string of the molecule is COc1c(B(O)O)cc(C(C)(C)C)cc1P(c1ccccc1)c1ccccc1. The summed E-state index contributed by atoms with van der Waals surface area (Å²) < 4.78 is 5.73. The first kappa shape index (κ1) is 20.6. The predicted octanol–water partition coefficient (Wildman–Crippen LogP) is 2.43. The summed E-state index contributed by atoms with van der Waals surface area (Å²) in [6.07, 6.45) is 0. The summed E-state index contributed by atoms with van der Waals surface area (Å²) in [5.74, 6) is 0.543. The summed E-state index contributed by atoms with van der Waals surface area (Å²) in [7, 11) is -0.934. The minimum atomic E-state index is -1.60. The van der Waals surface area contributed by atoms with Crippen LogP contribution in [0.2, 0.25) is 0 Å². The van der Waals surface area contributed by atoms with Crippen LogP contribution in [0.5, 0.6) is 5.75 Å². The number of benzene rings is 3. The molecule has 0 radical (unpaired) electrons. The Morgan fingerprint density at radius 2 is 1.32 bits per heavy atom. The Kier molecular flexibility index (Phi) is 6.25. The molecular formula is C23H26BO3P. The Hall–Kier alpha value is -2.13. The Balaban J connectivity index is 2.34. The van der Waals surface area contributed by atoms with Gasteiger partial charge < -0.3 is 14.8 Å². The van der Waals surface area contributed by atoms with Crippen LogP contribution in [-0.4, -0.2) is 24.3 Å². The molecule has 0 amide bonds. The molecule has 5 heteroatoms. The molecule has 3 nitrogen and oxygen atoms in total. The Bertz CT molecular complexity index is 882. The quantitative estimate of drug-likeness (QED) is 0.518. The molecule has 3 aromatic carbocycles. The van der Waals surface area contributed by atoms with E-state index in [9.17, 15) is 10.0 Å². The van der Waals surface area contributed by atoms with Crippen molar-refractivity contribution in [3.05, 3.63) is 78.4 Å². The fourth-order valence-electron chi connectivity index (χ4n) is 3.23. The third-order valence-corrected chi connectivity index (χ3v) is 7.16. The largest absolute Gasteiger partial charge is 0.496 e. The first-order valence-electron chi connectivity index (χ1n) is 9.31. The van der Waals surface area contributed by atoms with E-state index in [1.807, 2.05) is 42.5 Å². The first-order chi connectivity index (χ1) is 13.3. The van der Waals surface area contributed by atoms with Gasteiger partial charge in [0.15, 0.2) is 0 Å². The number of rotatable bonds is 5. The van der Waals surface area contributed by atoms with E-state index in [2.05, 4.69) is 51.1 Å². The van der Waals surface area contributed by atoms with Gasteiger partial charge in [-0.2, -0.15) is 0 Å². The van der Waals surface area contributed by atoms with Crippen molar-refractivity contribution < 1.29 is 14.8 Å². The molecule has 0 spiro atoms. The van der Waals surface area contributed by atoms with Crippen molar-refractivity contribution in [1.29, 1.82) is 0 Å². The maximum atomic E-state index is 10.1. The zero-order chi connectivity index (χ0) is 20.3. The second-order valence-corrected chi connectivity index (χ2v) is 9.93. The zero-order valence-corrected chi connectivity index (χ0v) is 17.6. The molecule has 0 aliphatic heterocycles. The van der Waals surface area contributed by atoms with Crippen molar-refractivity contribution >= 4 is 36.4 Å². The molecule has 0 atom stereocenters. The van der Waals surface area contributed by atoms with E-state index in [0.717, 1.165) is 10.9 Å². The Labute approximate surface area is 168 Å². The van der Waals surface area contributed by atoms with E-state index in [1.54, 1.807) is 7.11 Å². The van der Waals surface area contributed by atoms with Gasteiger partial charge in [0.1, 0.15) is 5.75 Å². The lowest BCUT2D eigenvalue weighted by Gasteiger charge is -2.27. The summed E-state index contributed by atoms with van der Waals surface area (Å²) >= 11 is 0. The van der Waals surface area contributed by atoms with Gasteiger partial charge >= 0.3 is 7.12 Å². The number of hydrogen-bond donors (Lipinski definition) is 2. The fraction of sp³-hybridized carbons (Fsp3) is 0.217. The van der Waals surface area contributed by atoms with Crippen LogP contribution in [0.15, 0.2) is 72.8 Å². The number of methoxy groups -OCH3 is 1. The molecular weight excluding hydrogens is 366 g/mol. The summed E-state index contributed by atoms with van der Waals surface area (Å²) in [5.41, 5.74) is 1.31. The molecule has 144 valence electrons. The monoisotopic (exact) mass is 392 g/mol. The van der Waals surface area contributed by atoms with Crippen LogP contribution in [0.25, 0.3) is 0 Å². The molecule has 0 aromatic heterocycles. The highest BCUT2D eigenvalue weighted by atomic mass is 31.1. The van der Waals surface area contributed by atoms with Crippen molar-refractivity contribution in [2.45, 2.75) is 26.2 Å². The zero-order valence-electron chi connectivity index (χ0n) is 16.8. The molecule has 0 saturated carbocycles. The molecule has 0 bridgehead atoms. The average Bonchev–Trinajstić information content (AvgIpc) is 2.68. The molecule has 28 heavy (non-hydrogen) atoms. The molecule has 0 aliphatic carbocycles. The van der Waals surface area contributed by atoms with Crippen LogP contribution in [0.4, 0.5) is 0 Å². The second kappa shape index (κ2) is 8.49. The maximum absolute atomic E-state index is 10.1. The van der Waals surface area contributed by atoms with Crippen molar-refractivity contribution in [3.8, 4) is 5.75 Å². The predicted molar refractivity (Wildman–Crippen MR) is 120 cm³/mol. The van der Waals surface area contributed by atoms with Crippen LogP contribution in [0.1, 0.15) is 26.3 Å². The standard InChI is InChI=1S/C23H26BO3P/c1-23(2,3)17-15-20(24(25)26)22(27-4)21(16-17)28(18-11-7-5-8-12-18)19-13-9-6-10-14-19/h5-16,25-26H,1-4H3. The molecule has 0 unspecified atom stereocenters. The summed E-state index contributed by atoms with van der Waals surface area (Å²) in [6, 6.07) is 24.7. The molecule has 0 heterocycles. The third kappa shape index (κ3) is 4.30. The van der Waals surface area contributed by atoms with Crippen molar-refractivity contribution in [1.82, 2.24) is 0 Å². The van der Waals surface area contributed by atoms with Crippen molar-refractivity contribution in [2.75, 3.05) is 7.11 Å². The van der Waals surface area contributed by atoms with E-state index in [1.165, 1.54) is 10.6 Å². The van der Waals surface area contributed by atoms with Gasteiger partial charge in [-0.3, -0.25) is 0 Å². The van der Waals surface area contributed by atoms with Gasteiger partial charge in [0.25, 0.3) is 0 Å². The smallest absolute Gasteiger partial charge is 0.492 e. The maximum Gasteiger partial charge on any atom is 0.492 e. The normalized spacial score (nSPS) is 11.5. The van der Waals surface area contributed by atoms with Crippen molar-refractivity contribution in [3.63, 3.8) is 0 Å². The van der Waals surface area contributed by atoms with Crippen LogP contribution < -0.4 is 26.1 Å². The van der Waals surface area contributed by atoms with Crippen LogP contribution in [0.3, 0.4) is 0 Å². The van der Waals surface area contributed by atoms with Gasteiger partial charge in [0.2, 0.25) is 0 Å². The van der Waals surface area contributed by atoms with Crippen LogP contribution in [-0.2, 0) is 5.41 Å². The second-order valence-electron chi connectivity index (χ2n) is 7.75. The van der Waals surface area contributed by atoms with Gasteiger partial charge in [0.05, 0.1) is 7.11 Å². The number of hydrogen-bond acceptors (Lipinski definition) is 3. The Morgan fingerprint density at radius 1 is 0.821 bits per heavy atom. The summed E-state index contributed by atoms with van der Waals surface area (Å²) in [6.45, 7) is 6.37. The minimum absolute atomic E-state index is 0.140. The highest BCUT2D eigenvalue weighted by molar-refractivity contribution is 7.80. The lowest BCUT2D eigenvalue weighted by atomic mass is 9.75. The first-order valence-corrected chi connectivity index (χ1v) is 10.7. The van der Waals surface area contributed by atoms with Gasteiger partial charge in [0, 0.05) is 10.8 Å².